The quantitative estimate of drug-likeness (QED) is 0.873. The molecule has 1 rings (SSSR count). The fraction of sp³-hybridized carbons (Fsp3) is 0.500. The molecule has 0 aromatic heterocycles. The minimum atomic E-state index is -1.59. The molecule has 0 aliphatic rings. The van der Waals surface area contributed by atoms with Crippen molar-refractivity contribution in [2.75, 3.05) is 6.61 Å². The highest BCUT2D eigenvalue weighted by molar-refractivity contribution is 5.85. The van der Waals surface area contributed by atoms with Crippen LogP contribution in [0.15, 0.2) is 24.3 Å². The highest BCUT2D eigenvalue weighted by Gasteiger charge is 2.38. The molecule has 2 N–H and O–H groups in total. The fourth-order valence-electron chi connectivity index (χ4n) is 1.81. The molecule has 0 fully saturated rings. The van der Waals surface area contributed by atoms with Crippen molar-refractivity contribution in [3.8, 4) is 5.75 Å². The summed E-state index contributed by atoms with van der Waals surface area (Å²) in [6, 6.07) is 6.54. The summed E-state index contributed by atoms with van der Waals surface area (Å²) >= 11 is 0. The maximum atomic E-state index is 11.9. The maximum absolute atomic E-state index is 11.9. The zero-order valence-electron chi connectivity index (χ0n) is 13.6. The number of carboxylic acid groups (broad SMARTS) is 1. The van der Waals surface area contributed by atoms with E-state index in [1.165, 1.54) is 6.92 Å². The van der Waals surface area contributed by atoms with Gasteiger partial charge in [-0.1, -0.05) is 12.1 Å². The molecule has 6 heteroatoms. The number of carboxylic acids is 1. The van der Waals surface area contributed by atoms with Crippen molar-refractivity contribution in [2.24, 2.45) is 0 Å². The molecule has 1 atom stereocenters. The minimum absolute atomic E-state index is 0.425. The van der Waals surface area contributed by atoms with Crippen molar-refractivity contribution >= 4 is 12.1 Å². The molecule has 0 heterocycles. The zero-order chi connectivity index (χ0) is 17.0. The first kappa shape index (κ1) is 17.8. The van der Waals surface area contributed by atoms with E-state index in [1.807, 2.05) is 6.92 Å². The molecule has 6 nitrogen and oxygen atoms in total. The van der Waals surface area contributed by atoms with Crippen LogP contribution in [0.2, 0.25) is 0 Å². The van der Waals surface area contributed by atoms with Gasteiger partial charge in [-0.3, -0.25) is 0 Å². The largest absolute Gasteiger partial charge is 0.494 e. The van der Waals surface area contributed by atoms with Crippen LogP contribution in [0.1, 0.15) is 40.2 Å². The van der Waals surface area contributed by atoms with Gasteiger partial charge in [-0.2, -0.15) is 0 Å². The predicted octanol–water partition coefficient (Wildman–Crippen LogP) is 2.91. The maximum Gasteiger partial charge on any atom is 0.408 e. The van der Waals surface area contributed by atoms with Crippen LogP contribution < -0.4 is 10.1 Å². The third kappa shape index (κ3) is 4.65. The average molecular weight is 309 g/mol. The van der Waals surface area contributed by atoms with Gasteiger partial charge in [0.2, 0.25) is 0 Å². The van der Waals surface area contributed by atoms with Gasteiger partial charge < -0.3 is 19.9 Å². The van der Waals surface area contributed by atoms with E-state index in [1.54, 1.807) is 45.0 Å². The van der Waals surface area contributed by atoms with Gasteiger partial charge in [0.05, 0.1) is 6.61 Å². The first-order chi connectivity index (χ1) is 10.1. The summed E-state index contributed by atoms with van der Waals surface area (Å²) in [4.78, 5) is 23.5. The number of rotatable bonds is 5. The van der Waals surface area contributed by atoms with Crippen molar-refractivity contribution < 1.29 is 24.2 Å². The summed E-state index contributed by atoms with van der Waals surface area (Å²) in [5, 5.41) is 11.9. The summed E-state index contributed by atoms with van der Waals surface area (Å²) in [7, 11) is 0. The van der Waals surface area contributed by atoms with E-state index in [4.69, 9.17) is 9.47 Å². The number of hydrogen-bond acceptors (Lipinski definition) is 4. The lowest BCUT2D eigenvalue weighted by Crippen LogP contribution is -2.51. The summed E-state index contributed by atoms with van der Waals surface area (Å²) in [5.41, 5.74) is -1.87. The molecule has 0 aliphatic heterocycles. The lowest BCUT2D eigenvalue weighted by molar-refractivity contribution is -0.144. The van der Waals surface area contributed by atoms with Crippen LogP contribution in [0.4, 0.5) is 4.79 Å². The van der Waals surface area contributed by atoms with Crippen LogP contribution in [0, 0.1) is 0 Å². The van der Waals surface area contributed by atoms with Gasteiger partial charge in [-0.15, -0.1) is 0 Å². The molecule has 1 aromatic carbocycles. The lowest BCUT2D eigenvalue weighted by Gasteiger charge is -2.29. The van der Waals surface area contributed by atoms with Crippen molar-refractivity contribution in [1.29, 1.82) is 0 Å². The Hall–Kier alpha value is -2.24. The number of ether oxygens (including phenoxy) is 2. The first-order valence-corrected chi connectivity index (χ1v) is 7.06. The van der Waals surface area contributed by atoms with Crippen LogP contribution >= 0.6 is 0 Å². The molecule has 0 bridgehead atoms. The number of aliphatic carboxylic acids is 1. The van der Waals surface area contributed by atoms with Crippen molar-refractivity contribution in [2.45, 2.75) is 45.8 Å². The van der Waals surface area contributed by atoms with Gasteiger partial charge >= 0.3 is 12.1 Å². The molecular formula is C16H23NO5. The van der Waals surface area contributed by atoms with Gasteiger partial charge in [0.25, 0.3) is 0 Å². The molecule has 1 amide bonds. The Kier molecular flexibility index (Phi) is 5.41. The molecule has 1 aromatic rings. The number of nitrogens with one attached hydrogen (secondary N) is 1. The van der Waals surface area contributed by atoms with Gasteiger partial charge in [0.1, 0.15) is 11.4 Å². The first-order valence-electron chi connectivity index (χ1n) is 7.06. The summed E-state index contributed by atoms with van der Waals surface area (Å²) in [5.74, 6) is -0.543. The number of amides is 1. The van der Waals surface area contributed by atoms with Crippen molar-refractivity contribution in [3.05, 3.63) is 29.8 Å². The van der Waals surface area contributed by atoms with Gasteiger partial charge in [-0.25, -0.2) is 9.59 Å². The second-order valence-electron chi connectivity index (χ2n) is 6.01. The van der Waals surface area contributed by atoms with E-state index < -0.39 is 23.2 Å². The fourth-order valence-corrected chi connectivity index (χ4v) is 1.81. The number of carbonyl (C=O) groups excluding carboxylic acids is 1. The summed E-state index contributed by atoms with van der Waals surface area (Å²) in [6.45, 7) is 8.92. The number of carbonyl (C=O) groups is 2. The van der Waals surface area contributed by atoms with E-state index in [-0.39, 0.29) is 0 Å². The molecule has 0 saturated carbocycles. The van der Waals surface area contributed by atoms with E-state index >= 15 is 0 Å². The van der Waals surface area contributed by atoms with Crippen LogP contribution in [0.25, 0.3) is 0 Å². The SMILES string of the molecule is CCOc1ccc(C(C)(NC(=O)OC(C)(C)C)C(=O)O)cc1. The predicted molar refractivity (Wildman–Crippen MR) is 82.0 cm³/mol. The van der Waals surface area contributed by atoms with Crippen molar-refractivity contribution in [3.63, 3.8) is 0 Å². The van der Waals surface area contributed by atoms with Crippen LogP contribution in [0.5, 0.6) is 5.75 Å². The lowest BCUT2D eigenvalue weighted by atomic mass is 9.92. The molecule has 0 saturated heterocycles. The van der Waals surface area contributed by atoms with E-state index in [0.717, 1.165) is 0 Å². The molecule has 0 radical (unpaired) electrons. The van der Waals surface area contributed by atoms with Crippen molar-refractivity contribution in [1.82, 2.24) is 5.32 Å². The molecule has 122 valence electrons. The minimum Gasteiger partial charge on any atom is -0.494 e. The van der Waals surface area contributed by atoms with Crippen LogP contribution in [-0.2, 0) is 15.1 Å². The monoisotopic (exact) mass is 309 g/mol. The smallest absolute Gasteiger partial charge is 0.408 e. The highest BCUT2D eigenvalue weighted by Crippen LogP contribution is 2.24. The summed E-state index contributed by atoms with van der Waals surface area (Å²) in [6.07, 6.45) is -0.786. The van der Waals surface area contributed by atoms with Gasteiger partial charge in [0.15, 0.2) is 5.54 Å². The number of benzene rings is 1. The molecule has 22 heavy (non-hydrogen) atoms. The van der Waals surface area contributed by atoms with E-state index in [2.05, 4.69) is 5.32 Å². The third-order valence-electron chi connectivity index (χ3n) is 2.92. The van der Waals surface area contributed by atoms with Gasteiger partial charge in [0, 0.05) is 0 Å². The zero-order valence-corrected chi connectivity index (χ0v) is 13.6. The topological polar surface area (TPSA) is 84.9 Å². The molecule has 1 unspecified atom stereocenters. The Morgan fingerprint density at radius 3 is 2.09 bits per heavy atom. The van der Waals surface area contributed by atoms with E-state index in [9.17, 15) is 14.7 Å². The second kappa shape index (κ2) is 6.68. The summed E-state index contributed by atoms with van der Waals surface area (Å²) < 4.78 is 10.5. The molecule has 0 spiro atoms. The standard InChI is InChI=1S/C16H23NO5/c1-6-21-12-9-7-11(8-10-12)16(5,13(18)19)17-14(20)22-15(2,3)4/h7-10H,6H2,1-5H3,(H,17,20)(H,18,19). The van der Waals surface area contributed by atoms with Crippen LogP contribution in [0.3, 0.4) is 0 Å². The Bertz CT molecular complexity index is 532. The average Bonchev–Trinajstić information content (AvgIpc) is 2.37. The number of alkyl carbamates (subject to hydrolysis) is 1. The van der Waals surface area contributed by atoms with Crippen LogP contribution in [-0.4, -0.2) is 29.4 Å². The normalized spacial score (nSPS) is 13.9. The highest BCUT2D eigenvalue weighted by atomic mass is 16.6. The molecular weight excluding hydrogens is 286 g/mol. The second-order valence-corrected chi connectivity index (χ2v) is 6.01. The number of hydrogen-bond donors (Lipinski definition) is 2. The Labute approximate surface area is 130 Å². The third-order valence-corrected chi connectivity index (χ3v) is 2.92. The van der Waals surface area contributed by atoms with Gasteiger partial charge in [-0.05, 0) is 52.3 Å². The Balaban J connectivity index is 3.00. The molecule has 0 aliphatic carbocycles. The Morgan fingerprint density at radius 1 is 1.14 bits per heavy atom. The Morgan fingerprint density at radius 2 is 1.68 bits per heavy atom. The van der Waals surface area contributed by atoms with E-state index in [0.29, 0.717) is 17.9 Å².